The Hall–Kier alpha value is -2.50. The summed E-state index contributed by atoms with van der Waals surface area (Å²) in [7, 11) is 0. The standard InChI is InChI=1S/C23H31FN4O/c1-16-20(14-18-7-6-8-19(24)13-18)22(26-17(2)25-16)28-11-9-27(10-12-28)21(29)15-23(3,4)5/h6-8,13H,9-12,14-15H2,1-5H3. The van der Waals surface area contributed by atoms with Crippen molar-refractivity contribution in [3.63, 3.8) is 0 Å². The maximum Gasteiger partial charge on any atom is 0.223 e. The van der Waals surface area contributed by atoms with Crippen LogP contribution >= 0.6 is 0 Å². The van der Waals surface area contributed by atoms with Gasteiger partial charge in [-0.25, -0.2) is 14.4 Å². The molecule has 0 bridgehead atoms. The lowest BCUT2D eigenvalue weighted by Gasteiger charge is -2.37. The van der Waals surface area contributed by atoms with E-state index < -0.39 is 0 Å². The lowest BCUT2D eigenvalue weighted by Crippen LogP contribution is -2.50. The largest absolute Gasteiger partial charge is 0.353 e. The molecule has 0 radical (unpaired) electrons. The van der Waals surface area contributed by atoms with Gasteiger partial charge < -0.3 is 9.80 Å². The van der Waals surface area contributed by atoms with E-state index in [1.54, 1.807) is 12.1 Å². The molecular weight excluding hydrogens is 367 g/mol. The molecule has 1 aromatic heterocycles. The minimum absolute atomic E-state index is 0.00672. The highest BCUT2D eigenvalue weighted by molar-refractivity contribution is 5.77. The molecule has 2 aromatic rings. The van der Waals surface area contributed by atoms with Gasteiger partial charge in [0.2, 0.25) is 5.91 Å². The topological polar surface area (TPSA) is 49.3 Å². The Morgan fingerprint density at radius 3 is 2.41 bits per heavy atom. The number of anilines is 1. The van der Waals surface area contributed by atoms with Gasteiger partial charge in [0.1, 0.15) is 17.5 Å². The van der Waals surface area contributed by atoms with Gasteiger partial charge in [-0.3, -0.25) is 4.79 Å². The molecule has 2 heterocycles. The molecule has 156 valence electrons. The van der Waals surface area contributed by atoms with Crippen LogP contribution in [-0.2, 0) is 11.2 Å². The molecule has 0 N–H and O–H groups in total. The number of carbonyl (C=O) groups is 1. The van der Waals surface area contributed by atoms with E-state index >= 15 is 0 Å². The number of carbonyl (C=O) groups excluding carboxylic acids is 1. The number of rotatable bonds is 4. The summed E-state index contributed by atoms with van der Waals surface area (Å²) in [6, 6.07) is 6.67. The Balaban J connectivity index is 1.78. The maximum atomic E-state index is 13.6. The highest BCUT2D eigenvalue weighted by Gasteiger charge is 2.27. The molecule has 1 aliphatic rings. The Labute approximate surface area is 173 Å². The number of hydrogen-bond acceptors (Lipinski definition) is 4. The zero-order valence-corrected chi connectivity index (χ0v) is 18.1. The Morgan fingerprint density at radius 1 is 1.10 bits per heavy atom. The van der Waals surface area contributed by atoms with E-state index in [-0.39, 0.29) is 17.1 Å². The summed E-state index contributed by atoms with van der Waals surface area (Å²) in [5, 5.41) is 0. The number of amides is 1. The van der Waals surface area contributed by atoms with Crippen molar-refractivity contribution in [2.24, 2.45) is 5.41 Å². The van der Waals surface area contributed by atoms with Gasteiger partial charge >= 0.3 is 0 Å². The minimum Gasteiger partial charge on any atom is -0.353 e. The first-order valence-corrected chi connectivity index (χ1v) is 10.2. The van der Waals surface area contributed by atoms with Gasteiger partial charge in [-0.1, -0.05) is 32.9 Å². The normalized spacial score (nSPS) is 15.0. The monoisotopic (exact) mass is 398 g/mol. The fraction of sp³-hybridized carbons (Fsp3) is 0.522. The first-order valence-electron chi connectivity index (χ1n) is 10.2. The molecule has 1 fully saturated rings. The van der Waals surface area contributed by atoms with Crippen LogP contribution in [0.2, 0.25) is 0 Å². The minimum atomic E-state index is -0.235. The van der Waals surface area contributed by atoms with Crippen LogP contribution in [0.4, 0.5) is 10.2 Å². The number of halogens is 1. The first kappa shape index (κ1) is 21.2. The summed E-state index contributed by atoms with van der Waals surface area (Å²) in [4.78, 5) is 26.0. The van der Waals surface area contributed by atoms with E-state index in [2.05, 4.69) is 30.7 Å². The fourth-order valence-electron chi connectivity index (χ4n) is 3.77. The van der Waals surface area contributed by atoms with Gasteiger partial charge in [0.25, 0.3) is 0 Å². The van der Waals surface area contributed by atoms with Crippen molar-refractivity contribution in [1.82, 2.24) is 14.9 Å². The smallest absolute Gasteiger partial charge is 0.223 e. The molecule has 29 heavy (non-hydrogen) atoms. The van der Waals surface area contributed by atoms with Crippen molar-refractivity contribution in [3.05, 3.63) is 52.7 Å². The predicted octanol–water partition coefficient (Wildman–Crippen LogP) is 3.91. The average molecular weight is 399 g/mol. The van der Waals surface area contributed by atoms with Crippen molar-refractivity contribution in [1.29, 1.82) is 0 Å². The summed E-state index contributed by atoms with van der Waals surface area (Å²) < 4.78 is 13.6. The van der Waals surface area contributed by atoms with Gasteiger partial charge in [0, 0.05) is 50.3 Å². The van der Waals surface area contributed by atoms with Crippen LogP contribution in [0, 0.1) is 25.1 Å². The summed E-state index contributed by atoms with van der Waals surface area (Å²) in [5.74, 6) is 1.61. The van der Waals surface area contributed by atoms with Gasteiger partial charge in [0.05, 0.1) is 0 Å². The Kier molecular flexibility index (Phi) is 6.20. The second-order valence-electron chi connectivity index (χ2n) is 9.07. The summed E-state index contributed by atoms with van der Waals surface area (Å²) in [6.45, 7) is 13.0. The van der Waals surface area contributed by atoms with E-state index in [9.17, 15) is 9.18 Å². The molecule has 0 aliphatic carbocycles. The van der Waals surface area contributed by atoms with Crippen LogP contribution in [0.15, 0.2) is 24.3 Å². The van der Waals surface area contributed by atoms with Crippen LogP contribution in [0.5, 0.6) is 0 Å². The third-order valence-electron chi connectivity index (χ3n) is 5.19. The zero-order valence-electron chi connectivity index (χ0n) is 18.1. The van der Waals surface area contributed by atoms with Gasteiger partial charge in [-0.2, -0.15) is 0 Å². The van der Waals surface area contributed by atoms with Gasteiger partial charge in [0.15, 0.2) is 0 Å². The maximum absolute atomic E-state index is 13.6. The van der Waals surface area contributed by atoms with E-state index in [0.29, 0.717) is 25.9 Å². The Morgan fingerprint density at radius 2 is 1.79 bits per heavy atom. The third kappa shape index (κ3) is 5.52. The van der Waals surface area contributed by atoms with E-state index in [1.807, 2.05) is 24.8 Å². The highest BCUT2D eigenvalue weighted by atomic mass is 19.1. The van der Waals surface area contributed by atoms with E-state index in [0.717, 1.165) is 41.6 Å². The number of nitrogens with zero attached hydrogens (tertiary/aromatic N) is 4. The van der Waals surface area contributed by atoms with Gasteiger partial charge in [-0.05, 0) is 37.0 Å². The van der Waals surface area contributed by atoms with Crippen LogP contribution in [0.1, 0.15) is 49.8 Å². The summed E-state index contributed by atoms with van der Waals surface area (Å²) in [5.41, 5.74) is 2.84. The number of piperazine rings is 1. The lowest BCUT2D eigenvalue weighted by molar-refractivity contribution is -0.133. The second-order valence-corrected chi connectivity index (χ2v) is 9.07. The molecule has 6 heteroatoms. The molecule has 1 saturated heterocycles. The lowest BCUT2D eigenvalue weighted by atomic mass is 9.91. The fourth-order valence-corrected chi connectivity index (χ4v) is 3.77. The van der Waals surface area contributed by atoms with Crippen LogP contribution in [0.25, 0.3) is 0 Å². The van der Waals surface area contributed by atoms with Crippen molar-refractivity contribution in [2.45, 2.75) is 47.5 Å². The molecule has 5 nitrogen and oxygen atoms in total. The molecule has 0 saturated carbocycles. The molecule has 3 rings (SSSR count). The number of aryl methyl sites for hydroxylation is 2. The SMILES string of the molecule is Cc1nc(C)c(Cc2cccc(F)c2)c(N2CCN(C(=O)CC(C)(C)C)CC2)n1. The van der Waals surface area contributed by atoms with E-state index in [4.69, 9.17) is 4.98 Å². The molecule has 1 aliphatic heterocycles. The average Bonchev–Trinajstić information content (AvgIpc) is 2.62. The van der Waals surface area contributed by atoms with Crippen molar-refractivity contribution < 1.29 is 9.18 Å². The molecular formula is C23H31FN4O. The predicted molar refractivity (Wildman–Crippen MR) is 114 cm³/mol. The number of hydrogen-bond donors (Lipinski definition) is 0. The zero-order chi connectivity index (χ0) is 21.2. The number of benzene rings is 1. The quantitative estimate of drug-likeness (QED) is 0.784. The first-order chi connectivity index (χ1) is 13.6. The van der Waals surface area contributed by atoms with Gasteiger partial charge in [-0.15, -0.1) is 0 Å². The van der Waals surface area contributed by atoms with Crippen molar-refractivity contribution >= 4 is 11.7 Å². The molecule has 1 amide bonds. The van der Waals surface area contributed by atoms with Crippen molar-refractivity contribution in [3.8, 4) is 0 Å². The highest BCUT2D eigenvalue weighted by Crippen LogP contribution is 2.26. The van der Waals surface area contributed by atoms with Crippen molar-refractivity contribution in [2.75, 3.05) is 31.1 Å². The Bertz CT molecular complexity index is 883. The second kappa shape index (κ2) is 8.47. The van der Waals surface area contributed by atoms with E-state index in [1.165, 1.54) is 6.07 Å². The molecule has 0 atom stereocenters. The summed E-state index contributed by atoms with van der Waals surface area (Å²) >= 11 is 0. The van der Waals surface area contributed by atoms with Crippen LogP contribution in [0.3, 0.4) is 0 Å². The molecule has 1 aromatic carbocycles. The molecule has 0 spiro atoms. The van der Waals surface area contributed by atoms with Crippen LogP contribution in [-0.4, -0.2) is 47.0 Å². The number of aromatic nitrogens is 2. The summed E-state index contributed by atoms with van der Waals surface area (Å²) in [6.07, 6.45) is 1.14. The molecule has 0 unspecified atom stereocenters. The van der Waals surface area contributed by atoms with Crippen LogP contribution < -0.4 is 4.90 Å². The third-order valence-corrected chi connectivity index (χ3v) is 5.19.